The third-order valence-corrected chi connectivity index (χ3v) is 2.41. The van der Waals surface area contributed by atoms with Crippen LogP contribution >= 0.6 is 0 Å². The topological polar surface area (TPSA) is 25.2 Å². The highest BCUT2D eigenvalue weighted by Crippen LogP contribution is 2.23. The van der Waals surface area contributed by atoms with E-state index in [0.29, 0.717) is 6.04 Å². The highest BCUT2D eigenvalue weighted by atomic mass is 16.3. The fourth-order valence-corrected chi connectivity index (χ4v) is 1.74. The van der Waals surface area contributed by atoms with Crippen molar-refractivity contribution < 1.29 is 4.42 Å². The first-order valence-electron chi connectivity index (χ1n) is 4.66. The Morgan fingerprint density at radius 3 is 2.92 bits per heavy atom. The maximum Gasteiger partial charge on any atom is 0.121 e. The van der Waals surface area contributed by atoms with Crippen molar-refractivity contribution in [2.45, 2.75) is 32.2 Å². The van der Waals surface area contributed by atoms with E-state index in [1.54, 1.807) is 0 Å². The van der Waals surface area contributed by atoms with Crippen molar-refractivity contribution in [3.63, 3.8) is 0 Å². The molecule has 66 valence electrons. The Bertz CT molecular complexity index is 248. The average Bonchev–Trinajstić information content (AvgIpc) is 2.54. The molecule has 1 saturated heterocycles. The van der Waals surface area contributed by atoms with Crippen LogP contribution in [0.3, 0.4) is 0 Å². The van der Waals surface area contributed by atoms with Gasteiger partial charge in [-0.25, -0.2) is 0 Å². The molecular formula is C10H15NO. The number of aryl methyl sites for hydroxylation is 1. The molecule has 1 aromatic rings. The van der Waals surface area contributed by atoms with Gasteiger partial charge >= 0.3 is 0 Å². The normalized spacial score (nSPS) is 24.2. The van der Waals surface area contributed by atoms with Crippen LogP contribution in [0.1, 0.15) is 36.8 Å². The molecule has 0 bridgehead atoms. The third kappa shape index (κ3) is 1.53. The molecule has 0 radical (unpaired) electrons. The summed E-state index contributed by atoms with van der Waals surface area (Å²) in [6, 6.07) is 4.58. The summed E-state index contributed by atoms with van der Waals surface area (Å²) in [5.74, 6) is 2.12. The van der Waals surface area contributed by atoms with Crippen molar-refractivity contribution in [2.75, 3.05) is 6.54 Å². The van der Waals surface area contributed by atoms with E-state index in [1.807, 2.05) is 13.0 Å². The second kappa shape index (κ2) is 3.31. The van der Waals surface area contributed by atoms with Gasteiger partial charge in [-0.1, -0.05) is 6.42 Å². The van der Waals surface area contributed by atoms with E-state index in [1.165, 1.54) is 19.3 Å². The van der Waals surface area contributed by atoms with Gasteiger partial charge in [0.25, 0.3) is 0 Å². The van der Waals surface area contributed by atoms with Gasteiger partial charge in [-0.3, -0.25) is 0 Å². The van der Waals surface area contributed by atoms with Crippen LogP contribution in [0.2, 0.25) is 0 Å². The van der Waals surface area contributed by atoms with Crippen LogP contribution in [0.15, 0.2) is 16.5 Å². The van der Waals surface area contributed by atoms with E-state index in [2.05, 4.69) is 11.4 Å². The summed E-state index contributed by atoms with van der Waals surface area (Å²) in [6.45, 7) is 3.12. The summed E-state index contributed by atoms with van der Waals surface area (Å²) in [5, 5.41) is 3.45. The predicted molar refractivity (Wildman–Crippen MR) is 48.0 cm³/mol. The van der Waals surface area contributed by atoms with Crippen molar-refractivity contribution in [3.05, 3.63) is 23.7 Å². The first kappa shape index (κ1) is 7.87. The number of furan rings is 1. The minimum absolute atomic E-state index is 0.465. The lowest BCUT2D eigenvalue weighted by molar-refractivity contribution is 0.343. The molecule has 1 aliphatic heterocycles. The molecule has 1 fully saturated rings. The Hall–Kier alpha value is -0.760. The summed E-state index contributed by atoms with van der Waals surface area (Å²) in [7, 11) is 0. The van der Waals surface area contributed by atoms with Gasteiger partial charge < -0.3 is 9.73 Å². The molecule has 0 spiro atoms. The summed E-state index contributed by atoms with van der Waals surface area (Å²) < 4.78 is 5.56. The number of hydrogen-bond donors (Lipinski definition) is 1. The van der Waals surface area contributed by atoms with Crippen molar-refractivity contribution in [1.82, 2.24) is 5.32 Å². The van der Waals surface area contributed by atoms with Crippen LogP contribution in [0.4, 0.5) is 0 Å². The Morgan fingerprint density at radius 1 is 1.42 bits per heavy atom. The van der Waals surface area contributed by atoms with Gasteiger partial charge in [0.15, 0.2) is 0 Å². The first-order valence-corrected chi connectivity index (χ1v) is 4.66. The van der Waals surface area contributed by atoms with Crippen LogP contribution in [0, 0.1) is 6.92 Å². The lowest BCUT2D eigenvalue weighted by Crippen LogP contribution is -2.26. The lowest BCUT2D eigenvalue weighted by atomic mass is 10.0. The van der Waals surface area contributed by atoms with E-state index < -0.39 is 0 Å². The molecule has 1 aliphatic rings. The summed E-state index contributed by atoms with van der Waals surface area (Å²) in [6.07, 6.45) is 3.83. The molecule has 0 saturated carbocycles. The minimum Gasteiger partial charge on any atom is -0.465 e. The minimum atomic E-state index is 0.465. The lowest BCUT2D eigenvalue weighted by Gasteiger charge is -2.21. The largest absolute Gasteiger partial charge is 0.465 e. The number of hydrogen-bond acceptors (Lipinski definition) is 2. The number of nitrogens with one attached hydrogen (secondary N) is 1. The highest BCUT2D eigenvalue weighted by Gasteiger charge is 2.16. The molecular weight excluding hydrogens is 150 g/mol. The third-order valence-electron chi connectivity index (χ3n) is 2.41. The zero-order chi connectivity index (χ0) is 8.39. The molecule has 0 aromatic carbocycles. The van der Waals surface area contributed by atoms with Crippen LogP contribution < -0.4 is 5.32 Å². The molecule has 1 N–H and O–H groups in total. The Balaban J connectivity index is 2.08. The summed E-state index contributed by atoms with van der Waals surface area (Å²) in [5.41, 5.74) is 0. The van der Waals surface area contributed by atoms with Gasteiger partial charge in [0.1, 0.15) is 11.5 Å². The molecule has 2 rings (SSSR count). The van der Waals surface area contributed by atoms with Crippen LogP contribution in [0.25, 0.3) is 0 Å². The van der Waals surface area contributed by atoms with Crippen LogP contribution in [-0.4, -0.2) is 6.54 Å². The average molecular weight is 165 g/mol. The van der Waals surface area contributed by atoms with Crippen molar-refractivity contribution in [1.29, 1.82) is 0 Å². The molecule has 12 heavy (non-hydrogen) atoms. The zero-order valence-electron chi connectivity index (χ0n) is 7.47. The van der Waals surface area contributed by atoms with Crippen molar-refractivity contribution in [3.8, 4) is 0 Å². The monoisotopic (exact) mass is 165 g/mol. The first-order chi connectivity index (χ1) is 5.86. The SMILES string of the molecule is Cc1ccc([C@H]2CCCCN2)o1. The van der Waals surface area contributed by atoms with Crippen molar-refractivity contribution in [2.24, 2.45) is 0 Å². The van der Waals surface area contributed by atoms with E-state index in [0.717, 1.165) is 18.1 Å². The van der Waals surface area contributed by atoms with Crippen molar-refractivity contribution >= 4 is 0 Å². The Morgan fingerprint density at radius 2 is 2.33 bits per heavy atom. The fraction of sp³-hybridized carbons (Fsp3) is 0.600. The Labute approximate surface area is 73.0 Å². The van der Waals surface area contributed by atoms with Gasteiger partial charge in [0.05, 0.1) is 6.04 Å². The molecule has 0 aliphatic carbocycles. The quantitative estimate of drug-likeness (QED) is 0.691. The van der Waals surface area contributed by atoms with E-state index >= 15 is 0 Å². The summed E-state index contributed by atoms with van der Waals surface area (Å²) >= 11 is 0. The second-order valence-corrected chi connectivity index (χ2v) is 3.45. The predicted octanol–water partition coefficient (Wildman–Crippen LogP) is 2.40. The van der Waals surface area contributed by atoms with Gasteiger partial charge in [-0.2, -0.15) is 0 Å². The van der Waals surface area contributed by atoms with E-state index in [9.17, 15) is 0 Å². The van der Waals surface area contributed by atoms with Crippen LogP contribution in [-0.2, 0) is 0 Å². The zero-order valence-corrected chi connectivity index (χ0v) is 7.47. The maximum absolute atomic E-state index is 5.56. The standard InChI is InChI=1S/C10H15NO/c1-8-5-6-10(12-8)9-4-2-3-7-11-9/h5-6,9,11H,2-4,7H2,1H3/t9-/m1/s1. The molecule has 2 heterocycles. The van der Waals surface area contributed by atoms with Gasteiger partial charge in [-0.15, -0.1) is 0 Å². The maximum atomic E-state index is 5.56. The number of rotatable bonds is 1. The van der Waals surface area contributed by atoms with Gasteiger partial charge in [-0.05, 0) is 38.4 Å². The highest BCUT2D eigenvalue weighted by molar-refractivity contribution is 5.10. The van der Waals surface area contributed by atoms with Gasteiger partial charge in [0, 0.05) is 0 Å². The van der Waals surface area contributed by atoms with Gasteiger partial charge in [0.2, 0.25) is 0 Å². The smallest absolute Gasteiger partial charge is 0.121 e. The Kier molecular flexibility index (Phi) is 2.17. The molecule has 0 amide bonds. The molecule has 0 unspecified atom stereocenters. The summed E-state index contributed by atoms with van der Waals surface area (Å²) in [4.78, 5) is 0. The van der Waals surface area contributed by atoms with E-state index in [-0.39, 0.29) is 0 Å². The molecule has 1 aromatic heterocycles. The molecule has 1 atom stereocenters. The van der Waals surface area contributed by atoms with Crippen LogP contribution in [0.5, 0.6) is 0 Å². The molecule has 2 nitrogen and oxygen atoms in total. The van der Waals surface area contributed by atoms with E-state index in [4.69, 9.17) is 4.42 Å². The molecule has 2 heteroatoms. The second-order valence-electron chi connectivity index (χ2n) is 3.45. The number of piperidine rings is 1. The fourth-order valence-electron chi connectivity index (χ4n) is 1.74.